The van der Waals surface area contributed by atoms with Gasteiger partial charge in [0.25, 0.3) is 0 Å². The molecule has 0 heterocycles. The molecule has 0 atom stereocenters. The lowest BCUT2D eigenvalue weighted by molar-refractivity contribution is -0.114. The number of rotatable bonds is 6. The number of nitrogens with one attached hydrogen (secondary N) is 2. The normalized spacial score (nSPS) is 13.5. The van der Waals surface area contributed by atoms with Crippen LogP contribution in [0.4, 0.5) is 15.8 Å². The van der Waals surface area contributed by atoms with E-state index in [1.807, 2.05) is 0 Å². The average Bonchev–Trinajstić information content (AvgIpc) is 3.35. The maximum absolute atomic E-state index is 14.4. The fraction of sp³-hybridized carbons (Fsp3) is 0.278. The molecule has 1 fully saturated rings. The van der Waals surface area contributed by atoms with Crippen molar-refractivity contribution in [1.29, 1.82) is 0 Å². The Hall–Kier alpha value is -2.27. The third-order valence-electron chi connectivity index (χ3n) is 3.62. The second kappa shape index (κ2) is 7.09. The van der Waals surface area contributed by atoms with E-state index in [0.29, 0.717) is 28.6 Å². The van der Waals surface area contributed by atoms with E-state index in [0.717, 1.165) is 18.5 Å². The molecule has 0 spiro atoms. The molecule has 0 radical (unpaired) electrons. The van der Waals surface area contributed by atoms with Crippen molar-refractivity contribution in [3.63, 3.8) is 0 Å². The van der Waals surface area contributed by atoms with E-state index in [1.165, 1.54) is 6.92 Å². The lowest BCUT2D eigenvalue weighted by atomic mass is 10.2. The molecule has 1 aliphatic carbocycles. The van der Waals surface area contributed by atoms with Crippen LogP contribution in [0.2, 0.25) is 5.02 Å². The molecule has 6 heteroatoms. The first kappa shape index (κ1) is 16.6. The molecule has 1 aliphatic rings. The van der Waals surface area contributed by atoms with Crippen molar-refractivity contribution in [2.45, 2.75) is 32.4 Å². The van der Waals surface area contributed by atoms with Crippen molar-refractivity contribution in [3.8, 4) is 5.75 Å². The number of anilines is 2. The van der Waals surface area contributed by atoms with Crippen molar-refractivity contribution in [2.24, 2.45) is 0 Å². The van der Waals surface area contributed by atoms with Gasteiger partial charge in [-0.25, -0.2) is 4.39 Å². The van der Waals surface area contributed by atoms with E-state index in [1.54, 1.807) is 36.4 Å². The van der Waals surface area contributed by atoms with Crippen LogP contribution in [0.25, 0.3) is 0 Å². The predicted octanol–water partition coefficient (Wildman–Crippen LogP) is 4.59. The molecule has 2 aromatic rings. The summed E-state index contributed by atoms with van der Waals surface area (Å²) in [6.45, 7) is 1.71. The lowest BCUT2D eigenvalue weighted by Crippen LogP contribution is -2.08. The molecule has 0 aliphatic heterocycles. The number of carbonyl (C=O) groups excluding carboxylic acids is 1. The van der Waals surface area contributed by atoms with Gasteiger partial charge >= 0.3 is 0 Å². The average molecular weight is 349 g/mol. The van der Waals surface area contributed by atoms with Gasteiger partial charge in [0.1, 0.15) is 0 Å². The molecule has 1 amide bonds. The van der Waals surface area contributed by atoms with Gasteiger partial charge in [0, 0.05) is 24.7 Å². The fourth-order valence-electron chi connectivity index (χ4n) is 2.27. The van der Waals surface area contributed by atoms with Crippen molar-refractivity contribution < 1.29 is 13.9 Å². The largest absolute Gasteiger partial charge is 0.487 e. The fourth-order valence-corrected chi connectivity index (χ4v) is 2.43. The van der Waals surface area contributed by atoms with Crippen LogP contribution in [0.3, 0.4) is 0 Å². The molecule has 1 saturated carbocycles. The minimum atomic E-state index is -0.340. The summed E-state index contributed by atoms with van der Waals surface area (Å²) in [5.41, 5.74) is 1.76. The molecule has 126 valence electrons. The first-order valence-corrected chi connectivity index (χ1v) is 8.16. The Kier molecular flexibility index (Phi) is 4.90. The van der Waals surface area contributed by atoms with Crippen molar-refractivity contribution >= 4 is 28.9 Å². The Morgan fingerprint density at radius 1 is 1.33 bits per heavy atom. The van der Waals surface area contributed by atoms with E-state index in [2.05, 4.69) is 10.6 Å². The minimum Gasteiger partial charge on any atom is -0.487 e. The van der Waals surface area contributed by atoms with Crippen LogP contribution in [-0.4, -0.2) is 12.0 Å². The lowest BCUT2D eigenvalue weighted by Gasteiger charge is -2.12. The number of halogens is 2. The van der Waals surface area contributed by atoms with Crippen LogP contribution in [0, 0.1) is 5.82 Å². The monoisotopic (exact) mass is 348 g/mol. The second-order valence-corrected chi connectivity index (χ2v) is 6.18. The summed E-state index contributed by atoms with van der Waals surface area (Å²) in [5.74, 6) is -0.246. The molecule has 0 bridgehead atoms. The zero-order valence-electron chi connectivity index (χ0n) is 13.2. The number of hydrogen-bond acceptors (Lipinski definition) is 3. The summed E-state index contributed by atoms with van der Waals surface area (Å²) in [5, 5.41) is 6.24. The first-order valence-electron chi connectivity index (χ1n) is 7.78. The molecule has 4 nitrogen and oxygen atoms in total. The summed E-state index contributed by atoms with van der Waals surface area (Å²) in [6.07, 6.45) is 2.12. The zero-order chi connectivity index (χ0) is 17.1. The Morgan fingerprint density at radius 3 is 2.83 bits per heavy atom. The topological polar surface area (TPSA) is 50.4 Å². The molecule has 3 rings (SSSR count). The van der Waals surface area contributed by atoms with Crippen molar-refractivity contribution in [1.82, 2.24) is 0 Å². The summed E-state index contributed by atoms with van der Waals surface area (Å²) in [6, 6.07) is 10.3. The summed E-state index contributed by atoms with van der Waals surface area (Å²) < 4.78 is 20.0. The highest BCUT2D eigenvalue weighted by Gasteiger charge is 2.25. The molecular formula is C18H18ClFN2O2. The summed E-state index contributed by atoms with van der Waals surface area (Å²) in [4.78, 5) is 11.2. The minimum absolute atomic E-state index is 0.152. The molecule has 0 saturated heterocycles. The number of ether oxygens (including phenoxy) is 1. The number of carbonyl (C=O) groups is 1. The van der Waals surface area contributed by atoms with Gasteiger partial charge in [-0.05, 0) is 37.1 Å². The quantitative estimate of drug-likeness (QED) is 0.802. The van der Waals surface area contributed by atoms with E-state index in [9.17, 15) is 9.18 Å². The highest BCUT2D eigenvalue weighted by molar-refractivity contribution is 6.33. The van der Waals surface area contributed by atoms with Crippen LogP contribution >= 0.6 is 11.6 Å². The van der Waals surface area contributed by atoms with Gasteiger partial charge in [-0.1, -0.05) is 23.7 Å². The third-order valence-corrected chi connectivity index (χ3v) is 3.95. The van der Waals surface area contributed by atoms with E-state index in [4.69, 9.17) is 16.3 Å². The number of benzene rings is 2. The zero-order valence-corrected chi connectivity index (χ0v) is 14.0. The SMILES string of the molecule is CC(=O)Nc1cc(NCc2cccc(OC3CC3)c2F)ccc1Cl. The Morgan fingerprint density at radius 2 is 2.12 bits per heavy atom. The van der Waals surface area contributed by atoms with E-state index in [-0.39, 0.29) is 17.8 Å². The molecular weight excluding hydrogens is 331 g/mol. The Bertz CT molecular complexity index is 763. The molecule has 2 aromatic carbocycles. The Balaban J connectivity index is 1.70. The smallest absolute Gasteiger partial charge is 0.221 e. The van der Waals surface area contributed by atoms with Crippen LogP contribution in [0.5, 0.6) is 5.75 Å². The van der Waals surface area contributed by atoms with E-state index < -0.39 is 0 Å². The molecule has 2 N–H and O–H groups in total. The number of hydrogen-bond donors (Lipinski definition) is 2. The molecule has 0 unspecified atom stereocenters. The molecule has 24 heavy (non-hydrogen) atoms. The third kappa shape index (κ3) is 4.17. The van der Waals surface area contributed by atoms with Crippen molar-refractivity contribution in [2.75, 3.05) is 10.6 Å². The highest BCUT2D eigenvalue weighted by Crippen LogP contribution is 2.30. The van der Waals surface area contributed by atoms with Crippen LogP contribution in [0.15, 0.2) is 36.4 Å². The van der Waals surface area contributed by atoms with Gasteiger partial charge in [-0.15, -0.1) is 0 Å². The summed E-state index contributed by atoms with van der Waals surface area (Å²) >= 11 is 6.04. The van der Waals surface area contributed by atoms with Crippen LogP contribution in [0.1, 0.15) is 25.3 Å². The maximum atomic E-state index is 14.4. The van der Waals surface area contributed by atoms with Gasteiger partial charge < -0.3 is 15.4 Å². The standard InChI is InChI=1S/C18H18ClFN2O2/c1-11(23)22-16-9-13(5-8-15(16)19)21-10-12-3-2-4-17(18(12)20)24-14-6-7-14/h2-5,8-9,14,21H,6-7,10H2,1H3,(H,22,23). The predicted molar refractivity (Wildman–Crippen MR) is 93.1 cm³/mol. The second-order valence-electron chi connectivity index (χ2n) is 5.78. The highest BCUT2D eigenvalue weighted by atomic mass is 35.5. The van der Waals surface area contributed by atoms with Crippen LogP contribution in [-0.2, 0) is 11.3 Å². The summed E-state index contributed by atoms with van der Waals surface area (Å²) in [7, 11) is 0. The maximum Gasteiger partial charge on any atom is 0.221 e. The van der Waals surface area contributed by atoms with Gasteiger partial charge in [0.15, 0.2) is 11.6 Å². The van der Waals surface area contributed by atoms with Gasteiger partial charge in [0.2, 0.25) is 5.91 Å². The van der Waals surface area contributed by atoms with E-state index >= 15 is 0 Å². The number of amides is 1. The molecule has 0 aromatic heterocycles. The van der Waals surface area contributed by atoms with Gasteiger partial charge in [-0.2, -0.15) is 0 Å². The van der Waals surface area contributed by atoms with Gasteiger partial charge in [0.05, 0.1) is 16.8 Å². The van der Waals surface area contributed by atoms with Crippen molar-refractivity contribution in [3.05, 3.63) is 52.8 Å². The van der Waals surface area contributed by atoms with Gasteiger partial charge in [-0.3, -0.25) is 4.79 Å². The van der Waals surface area contributed by atoms with Crippen LogP contribution < -0.4 is 15.4 Å². The first-order chi connectivity index (χ1) is 11.5. The Labute approximate surface area is 145 Å².